The van der Waals surface area contributed by atoms with E-state index < -0.39 is 0 Å². The van der Waals surface area contributed by atoms with E-state index in [-0.39, 0.29) is 35.2 Å². The first-order valence-corrected chi connectivity index (χ1v) is 10.2. The largest absolute Gasteiger partial charge is 0.383 e. The van der Waals surface area contributed by atoms with Crippen molar-refractivity contribution in [3.05, 3.63) is 35.6 Å². The molecule has 5 nitrogen and oxygen atoms in total. The normalized spacial score (nSPS) is 17.9. The fraction of sp³-hybridized carbons (Fsp3) is 0.667. The van der Waals surface area contributed by atoms with Crippen LogP contribution in [0.3, 0.4) is 0 Å². The van der Waals surface area contributed by atoms with Crippen molar-refractivity contribution in [1.82, 2.24) is 15.5 Å². The van der Waals surface area contributed by atoms with Gasteiger partial charge in [-0.05, 0) is 50.3 Å². The van der Waals surface area contributed by atoms with Crippen LogP contribution in [0.2, 0.25) is 0 Å². The number of methoxy groups -OCH3 is 1. The zero-order chi connectivity index (χ0) is 19.1. The van der Waals surface area contributed by atoms with Gasteiger partial charge in [0.15, 0.2) is 5.96 Å². The van der Waals surface area contributed by atoms with Gasteiger partial charge in [0.25, 0.3) is 0 Å². The minimum absolute atomic E-state index is 0. The van der Waals surface area contributed by atoms with Gasteiger partial charge in [0, 0.05) is 44.7 Å². The number of guanidine groups is 1. The lowest BCUT2D eigenvalue weighted by molar-refractivity contribution is 0.144. The Kier molecular flexibility index (Phi) is 9.43. The molecular formula is C21H34FIN4O. The molecule has 1 aromatic rings. The van der Waals surface area contributed by atoms with Crippen molar-refractivity contribution in [1.29, 1.82) is 0 Å². The second-order valence-corrected chi connectivity index (χ2v) is 7.67. The maximum atomic E-state index is 13.6. The van der Waals surface area contributed by atoms with Crippen LogP contribution in [0.15, 0.2) is 29.3 Å². The standard InChI is InChI=1S/C21H33FN4O.HI/c1-3-23-20(24-11-12-26(13-14-27-2)19-7-8-19)25-16-21(9-10-21)17-5-4-6-18(22)15-17;/h4-6,15,19H,3,7-14,16H2,1-2H3,(H2,23,24,25);1H. The molecular weight excluding hydrogens is 470 g/mol. The molecule has 2 aliphatic rings. The average molecular weight is 504 g/mol. The highest BCUT2D eigenvalue weighted by atomic mass is 127. The number of hydrogen-bond acceptors (Lipinski definition) is 3. The number of nitrogens with one attached hydrogen (secondary N) is 2. The van der Waals surface area contributed by atoms with E-state index in [9.17, 15) is 4.39 Å². The summed E-state index contributed by atoms with van der Waals surface area (Å²) >= 11 is 0. The summed E-state index contributed by atoms with van der Waals surface area (Å²) in [6.07, 6.45) is 4.75. The van der Waals surface area contributed by atoms with Crippen molar-refractivity contribution >= 4 is 29.9 Å². The third-order valence-electron chi connectivity index (χ3n) is 5.51. The molecule has 1 aromatic carbocycles. The Morgan fingerprint density at radius 2 is 2.07 bits per heavy atom. The van der Waals surface area contributed by atoms with Crippen LogP contribution in [-0.2, 0) is 10.2 Å². The van der Waals surface area contributed by atoms with Crippen molar-refractivity contribution in [2.45, 2.75) is 44.1 Å². The molecule has 7 heteroatoms. The Labute approximate surface area is 185 Å². The molecule has 28 heavy (non-hydrogen) atoms. The van der Waals surface area contributed by atoms with E-state index in [1.807, 2.05) is 6.07 Å². The predicted molar refractivity (Wildman–Crippen MR) is 123 cm³/mol. The monoisotopic (exact) mass is 504 g/mol. The third-order valence-corrected chi connectivity index (χ3v) is 5.51. The predicted octanol–water partition coefficient (Wildman–Crippen LogP) is 3.14. The van der Waals surface area contributed by atoms with Crippen LogP contribution in [0.5, 0.6) is 0 Å². The molecule has 0 unspecified atom stereocenters. The summed E-state index contributed by atoms with van der Waals surface area (Å²) in [5.74, 6) is 0.687. The molecule has 158 valence electrons. The molecule has 3 rings (SSSR count). The lowest BCUT2D eigenvalue weighted by Crippen LogP contribution is -2.43. The van der Waals surface area contributed by atoms with Crippen molar-refractivity contribution in [2.24, 2.45) is 4.99 Å². The smallest absolute Gasteiger partial charge is 0.191 e. The average Bonchev–Trinajstić information content (AvgIpc) is 3.56. The van der Waals surface area contributed by atoms with Crippen LogP contribution in [0.1, 0.15) is 38.2 Å². The molecule has 0 heterocycles. The van der Waals surface area contributed by atoms with Gasteiger partial charge in [-0.3, -0.25) is 9.89 Å². The minimum Gasteiger partial charge on any atom is -0.383 e. The summed E-state index contributed by atoms with van der Waals surface area (Å²) in [4.78, 5) is 7.30. The highest BCUT2D eigenvalue weighted by molar-refractivity contribution is 14.0. The fourth-order valence-electron chi connectivity index (χ4n) is 3.52. The highest BCUT2D eigenvalue weighted by Gasteiger charge is 2.44. The molecule has 2 fully saturated rings. The van der Waals surface area contributed by atoms with Gasteiger partial charge in [0.05, 0.1) is 13.2 Å². The van der Waals surface area contributed by atoms with Crippen LogP contribution in [0, 0.1) is 5.82 Å². The van der Waals surface area contributed by atoms with Crippen LogP contribution >= 0.6 is 24.0 Å². The Bertz CT molecular complexity index is 635. The number of rotatable bonds is 11. The minimum atomic E-state index is -0.163. The fourth-order valence-corrected chi connectivity index (χ4v) is 3.52. The Hall–Kier alpha value is -0.930. The van der Waals surface area contributed by atoms with Gasteiger partial charge in [-0.2, -0.15) is 0 Å². The lowest BCUT2D eigenvalue weighted by atomic mass is 9.96. The van der Waals surface area contributed by atoms with E-state index in [2.05, 4.69) is 22.5 Å². The molecule has 0 atom stereocenters. The molecule has 0 radical (unpaired) electrons. The number of benzene rings is 1. The second kappa shape index (κ2) is 11.3. The Morgan fingerprint density at radius 1 is 1.29 bits per heavy atom. The van der Waals surface area contributed by atoms with E-state index in [0.717, 1.165) is 63.2 Å². The quantitative estimate of drug-likeness (QED) is 0.276. The topological polar surface area (TPSA) is 48.9 Å². The maximum Gasteiger partial charge on any atom is 0.191 e. The van der Waals surface area contributed by atoms with Crippen LogP contribution < -0.4 is 10.6 Å². The van der Waals surface area contributed by atoms with Crippen molar-refractivity contribution in [2.75, 3.05) is 46.4 Å². The van der Waals surface area contributed by atoms with E-state index in [4.69, 9.17) is 9.73 Å². The second-order valence-electron chi connectivity index (χ2n) is 7.67. The first kappa shape index (κ1) is 23.3. The molecule has 0 spiro atoms. The van der Waals surface area contributed by atoms with Crippen LogP contribution in [-0.4, -0.2) is 63.3 Å². The molecule has 0 bridgehead atoms. The van der Waals surface area contributed by atoms with Crippen molar-refractivity contribution in [3.8, 4) is 0 Å². The molecule has 2 N–H and O–H groups in total. The number of ether oxygens (including phenoxy) is 1. The summed E-state index contributed by atoms with van der Waals surface area (Å²) < 4.78 is 18.8. The van der Waals surface area contributed by atoms with Gasteiger partial charge in [-0.1, -0.05) is 12.1 Å². The molecule has 0 aromatic heterocycles. The zero-order valence-corrected chi connectivity index (χ0v) is 19.4. The van der Waals surface area contributed by atoms with E-state index in [1.165, 1.54) is 18.9 Å². The van der Waals surface area contributed by atoms with Crippen molar-refractivity contribution in [3.63, 3.8) is 0 Å². The SMILES string of the molecule is CCNC(=NCC1(c2cccc(F)c2)CC1)NCCN(CCOC)C1CC1.I. The van der Waals surface area contributed by atoms with E-state index in [1.54, 1.807) is 19.2 Å². The summed E-state index contributed by atoms with van der Waals surface area (Å²) in [5.41, 5.74) is 1.09. The zero-order valence-electron chi connectivity index (χ0n) is 17.0. The first-order chi connectivity index (χ1) is 13.2. The molecule has 0 saturated heterocycles. The number of halogens is 2. The van der Waals surface area contributed by atoms with Gasteiger partial charge in [0.2, 0.25) is 0 Å². The molecule has 2 aliphatic carbocycles. The van der Waals surface area contributed by atoms with Crippen LogP contribution in [0.25, 0.3) is 0 Å². The highest BCUT2D eigenvalue weighted by Crippen LogP contribution is 2.48. The van der Waals surface area contributed by atoms with Gasteiger partial charge >= 0.3 is 0 Å². The number of nitrogens with zero attached hydrogens (tertiary/aromatic N) is 2. The van der Waals surface area contributed by atoms with E-state index >= 15 is 0 Å². The summed E-state index contributed by atoms with van der Waals surface area (Å²) in [6.45, 7) is 7.22. The van der Waals surface area contributed by atoms with Crippen molar-refractivity contribution < 1.29 is 9.13 Å². The summed E-state index contributed by atoms with van der Waals surface area (Å²) in [6, 6.07) is 7.71. The molecule has 2 saturated carbocycles. The molecule has 0 amide bonds. The maximum absolute atomic E-state index is 13.6. The number of hydrogen-bond donors (Lipinski definition) is 2. The Balaban J connectivity index is 0.00000280. The first-order valence-electron chi connectivity index (χ1n) is 10.2. The van der Waals surface area contributed by atoms with Crippen LogP contribution in [0.4, 0.5) is 4.39 Å². The van der Waals surface area contributed by atoms with Gasteiger partial charge < -0.3 is 15.4 Å². The van der Waals surface area contributed by atoms with Gasteiger partial charge in [-0.15, -0.1) is 24.0 Å². The molecule has 0 aliphatic heterocycles. The van der Waals surface area contributed by atoms with Gasteiger partial charge in [0.1, 0.15) is 5.82 Å². The van der Waals surface area contributed by atoms with Gasteiger partial charge in [-0.25, -0.2) is 4.39 Å². The van der Waals surface area contributed by atoms with E-state index in [0.29, 0.717) is 6.54 Å². The lowest BCUT2D eigenvalue weighted by Gasteiger charge is -2.22. The summed E-state index contributed by atoms with van der Waals surface area (Å²) in [5, 5.41) is 6.78. The third kappa shape index (κ3) is 6.84. The summed E-state index contributed by atoms with van der Waals surface area (Å²) in [7, 11) is 1.76. The number of aliphatic imine (C=N–C) groups is 1. The Morgan fingerprint density at radius 3 is 2.68 bits per heavy atom.